The van der Waals surface area contributed by atoms with Gasteiger partial charge in [-0.05, 0) is 52.7 Å². The van der Waals surface area contributed by atoms with Crippen molar-refractivity contribution in [2.45, 2.75) is 90.4 Å². The van der Waals surface area contributed by atoms with Crippen LogP contribution in [-0.2, 0) is 18.1 Å². The molecular weight excluding hydrogens is 364 g/mol. The van der Waals surface area contributed by atoms with Crippen LogP contribution >= 0.6 is 11.8 Å². The van der Waals surface area contributed by atoms with E-state index in [2.05, 4.69) is 13.8 Å². The van der Waals surface area contributed by atoms with Gasteiger partial charge in [0.2, 0.25) is 0 Å². The van der Waals surface area contributed by atoms with Crippen LogP contribution in [0.4, 0.5) is 0 Å². The molecule has 2 atom stereocenters. The van der Waals surface area contributed by atoms with Crippen LogP contribution in [0.25, 0.3) is 0 Å². The highest BCUT2D eigenvalue weighted by Crippen LogP contribution is 2.46. The van der Waals surface area contributed by atoms with Gasteiger partial charge in [0.25, 0.3) is 0 Å². The van der Waals surface area contributed by atoms with Crippen molar-refractivity contribution >= 4 is 26.3 Å². The predicted octanol–water partition coefficient (Wildman–Crippen LogP) is 5.48. The van der Waals surface area contributed by atoms with Crippen molar-refractivity contribution in [2.75, 3.05) is 25.6 Å². The van der Waals surface area contributed by atoms with Crippen LogP contribution in [0.5, 0.6) is 0 Å². The fourth-order valence-corrected chi connectivity index (χ4v) is 8.21. The van der Waals surface area contributed by atoms with E-state index in [1.807, 2.05) is 32.5 Å². The fraction of sp³-hybridized carbons (Fsp3) is 0.950. The third-order valence-electron chi connectivity index (χ3n) is 5.24. The van der Waals surface area contributed by atoms with Crippen LogP contribution in [0.3, 0.4) is 0 Å². The topological polar surface area (TPSA) is 44.8 Å². The summed E-state index contributed by atoms with van der Waals surface area (Å²) < 4.78 is 17.9. The van der Waals surface area contributed by atoms with Crippen LogP contribution in [0.1, 0.15) is 79.6 Å². The highest BCUT2D eigenvalue weighted by molar-refractivity contribution is 8.00. The van der Waals surface area contributed by atoms with Gasteiger partial charge >= 0.3 is 8.80 Å². The van der Waals surface area contributed by atoms with Gasteiger partial charge in [0.15, 0.2) is 0 Å². The summed E-state index contributed by atoms with van der Waals surface area (Å²) in [4.78, 5) is 12.4. The molecule has 4 nitrogen and oxygen atoms in total. The summed E-state index contributed by atoms with van der Waals surface area (Å²) in [6.45, 7) is 12.4. The zero-order chi connectivity index (χ0) is 19.5. The molecule has 0 aromatic rings. The quantitative estimate of drug-likeness (QED) is 0.267. The van der Waals surface area contributed by atoms with Crippen molar-refractivity contribution in [3.8, 4) is 0 Å². The SMILES string of the molecule is CCCCCC1C(=O)CCC1(C)SCCC[Si](OCC)(OCC)OCC. The van der Waals surface area contributed by atoms with Gasteiger partial charge < -0.3 is 13.3 Å². The summed E-state index contributed by atoms with van der Waals surface area (Å²) in [6, 6.07) is 0.861. The Morgan fingerprint density at radius 1 is 1.04 bits per heavy atom. The lowest BCUT2D eigenvalue weighted by molar-refractivity contribution is -0.121. The first-order valence-corrected chi connectivity index (χ1v) is 13.5. The Bertz CT molecular complexity index is 390. The Morgan fingerprint density at radius 3 is 2.19 bits per heavy atom. The Hall–Kier alpha value is 0.117. The Morgan fingerprint density at radius 2 is 1.65 bits per heavy atom. The molecule has 0 radical (unpaired) electrons. The lowest BCUT2D eigenvalue weighted by atomic mass is 9.91. The number of hydrogen-bond donors (Lipinski definition) is 0. The average Bonchev–Trinajstić information content (AvgIpc) is 2.88. The molecular formula is C20H40O4SSi. The van der Waals surface area contributed by atoms with Gasteiger partial charge in [0.05, 0.1) is 0 Å². The van der Waals surface area contributed by atoms with Crippen LogP contribution < -0.4 is 0 Å². The van der Waals surface area contributed by atoms with E-state index in [0.29, 0.717) is 25.6 Å². The maximum absolute atomic E-state index is 12.4. The molecule has 1 aliphatic rings. The minimum atomic E-state index is -2.53. The average molecular weight is 405 g/mol. The van der Waals surface area contributed by atoms with Crippen molar-refractivity contribution in [1.82, 2.24) is 0 Å². The third kappa shape index (κ3) is 7.27. The molecule has 0 saturated heterocycles. The van der Waals surface area contributed by atoms with E-state index in [0.717, 1.165) is 37.5 Å². The van der Waals surface area contributed by atoms with Gasteiger partial charge in [-0.3, -0.25) is 4.79 Å². The highest BCUT2D eigenvalue weighted by Gasteiger charge is 2.45. The van der Waals surface area contributed by atoms with Gasteiger partial charge in [-0.1, -0.05) is 26.2 Å². The van der Waals surface area contributed by atoms with E-state index < -0.39 is 8.80 Å². The van der Waals surface area contributed by atoms with Crippen LogP contribution in [0.2, 0.25) is 6.04 Å². The second-order valence-electron chi connectivity index (χ2n) is 7.26. The van der Waals surface area contributed by atoms with Gasteiger partial charge in [-0.25, -0.2) is 0 Å². The summed E-state index contributed by atoms with van der Waals surface area (Å²) in [7, 11) is -2.53. The fourth-order valence-electron chi connectivity index (χ4n) is 3.89. The maximum Gasteiger partial charge on any atom is 0.500 e. The summed E-state index contributed by atoms with van der Waals surface area (Å²) in [5, 5.41) is 0. The summed E-state index contributed by atoms with van der Waals surface area (Å²) in [5.74, 6) is 1.76. The second-order valence-corrected chi connectivity index (χ2v) is 11.6. The van der Waals surface area contributed by atoms with Crippen LogP contribution in [0, 0.1) is 5.92 Å². The Labute approximate surface area is 166 Å². The smallest absolute Gasteiger partial charge is 0.374 e. The largest absolute Gasteiger partial charge is 0.500 e. The third-order valence-corrected chi connectivity index (χ3v) is 10.0. The zero-order valence-electron chi connectivity index (χ0n) is 17.6. The number of carbonyl (C=O) groups excluding carboxylic acids is 1. The van der Waals surface area contributed by atoms with Crippen LogP contribution in [-0.4, -0.2) is 44.9 Å². The minimum absolute atomic E-state index is 0.109. The normalized spacial score (nSPS) is 23.7. The van der Waals surface area contributed by atoms with Gasteiger partial charge in [-0.2, -0.15) is 11.8 Å². The number of carbonyl (C=O) groups is 1. The first kappa shape index (κ1) is 24.2. The number of hydrogen-bond acceptors (Lipinski definition) is 5. The van der Waals surface area contributed by atoms with Gasteiger partial charge in [-0.15, -0.1) is 0 Å². The molecule has 1 aliphatic carbocycles. The molecule has 6 heteroatoms. The van der Waals surface area contributed by atoms with E-state index in [1.165, 1.54) is 19.3 Å². The lowest BCUT2D eigenvalue weighted by Crippen LogP contribution is -2.46. The monoisotopic (exact) mass is 404 g/mol. The molecule has 0 bridgehead atoms. The summed E-state index contributed by atoms with van der Waals surface area (Å²) in [6.07, 6.45) is 7.49. The lowest BCUT2D eigenvalue weighted by Gasteiger charge is -2.31. The molecule has 0 aliphatic heterocycles. The van der Waals surface area contributed by atoms with Crippen molar-refractivity contribution < 1.29 is 18.1 Å². The number of Topliss-reactive ketones (excluding diaryl/α,β-unsaturated/α-hetero) is 1. The molecule has 1 fully saturated rings. The maximum atomic E-state index is 12.4. The van der Waals surface area contributed by atoms with E-state index >= 15 is 0 Å². The van der Waals surface area contributed by atoms with Crippen molar-refractivity contribution in [1.29, 1.82) is 0 Å². The summed E-state index contributed by atoms with van der Waals surface area (Å²) in [5.41, 5.74) is 0. The Balaban J connectivity index is 2.53. The molecule has 0 N–H and O–H groups in total. The molecule has 1 saturated carbocycles. The molecule has 154 valence electrons. The molecule has 0 heterocycles. The zero-order valence-corrected chi connectivity index (χ0v) is 19.4. The molecule has 0 aromatic heterocycles. The predicted molar refractivity (Wildman–Crippen MR) is 113 cm³/mol. The first-order valence-electron chi connectivity index (χ1n) is 10.6. The molecule has 26 heavy (non-hydrogen) atoms. The van der Waals surface area contributed by atoms with Gasteiger partial charge in [0.1, 0.15) is 5.78 Å². The molecule has 0 aromatic carbocycles. The molecule has 1 rings (SSSR count). The van der Waals surface area contributed by atoms with Crippen molar-refractivity contribution in [2.24, 2.45) is 5.92 Å². The molecule has 2 unspecified atom stereocenters. The standard InChI is InChI=1S/C20H40O4SSi/c1-6-10-11-13-18-19(21)14-15-20(18,5)25-16-12-17-26(22-7-2,23-8-3)24-9-4/h18H,6-17H2,1-5H3. The van der Waals surface area contributed by atoms with E-state index in [4.69, 9.17) is 13.3 Å². The second kappa shape index (κ2) is 12.6. The molecule has 0 amide bonds. The first-order chi connectivity index (χ1) is 12.5. The number of unbranched alkanes of at least 4 members (excludes halogenated alkanes) is 2. The molecule has 0 spiro atoms. The Kier molecular flexibility index (Phi) is 11.7. The van der Waals surface area contributed by atoms with E-state index in [-0.39, 0.29) is 10.7 Å². The minimum Gasteiger partial charge on any atom is -0.374 e. The van der Waals surface area contributed by atoms with Crippen LogP contribution in [0.15, 0.2) is 0 Å². The highest BCUT2D eigenvalue weighted by atomic mass is 32.2. The van der Waals surface area contributed by atoms with E-state index in [1.54, 1.807) is 0 Å². The van der Waals surface area contributed by atoms with E-state index in [9.17, 15) is 4.79 Å². The van der Waals surface area contributed by atoms with Gasteiger partial charge in [0, 0.05) is 43.0 Å². The van der Waals surface area contributed by atoms with Crippen molar-refractivity contribution in [3.05, 3.63) is 0 Å². The number of rotatable bonds is 15. The summed E-state index contributed by atoms with van der Waals surface area (Å²) >= 11 is 1.99. The van der Waals surface area contributed by atoms with Crippen molar-refractivity contribution in [3.63, 3.8) is 0 Å². The number of ketones is 1. The number of thioether (sulfide) groups is 1.